The van der Waals surface area contributed by atoms with Gasteiger partial charge < -0.3 is 10.5 Å². The second kappa shape index (κ2) is 5.89. The predicted octanol–water partition coefficient (Wildman–Crippen LogP) is 3.55. The fourth-order valence-corrected chi connectivity index (χ4v) is 2.26. The summed E-state index contributed by atoms with van der Waals surface area (Å²) in [5.74, 6) is 0.901. The van der Waals surface area contributed by atoms with Gasteiger partial charge in [0.1, 0.15) is 5.75 Å². The lowest BCUT2D eigenvalue weighted by atomic mass is 9.96. The molecule has 1 atom stereocenters. The topological polar surface area (TPSA) is 35.2 Å². The van der Waals surface area contributed by atoms with Crippen molar-refractivity contribution in [2.24, 2.45) is 5.73 Å². The van der Waals surface area contributed by atoms with Gasteiger partial charge in [-0.25, -0.2) is 0 Å². The summed E-state index contributed by atoms with van der Waals surface area (Å²) in [7, 11) is 1.69. The minimum absolute atomic E-state index is 0.00407. The molecule has 0 saturated heterocycles. The second-order valence-electron chi connectivity index (χ2n) is 4.97. The van der Waals surface area contributed by atoms with Crippen molar-refractivity contribution in [1.29, 1.82) is 0 Å². The van der Waals surface area contributed by atoms with E-state index < -0.39 is 0 Å². The summed E-state index contributed by atoms with van der Waals surface area (Å²) in [5, 5.41) is 0. The molecule has 2 rings (SSSR count). The van der Waals surface area contributed by atoms with Crippen molar-refractivity contribution in [3.8, 4) is 5.75 Å². The smallest absolute Gasteiger partial charge is 0.122 e. The Morgan fingerprint density at radius 2 is 1.79 bits per heavy atom. The van der Waals surface area contributed by atoms with Crippen LogP contribution in [0.3, 0.4) is 0 Å². The molecule has 2 nitrogen and oxygen atoms in total. The number of rotatable bonds is 4. The molecular weight excluding hydrogens is 234 g/mol. The van der Waals surface area contributed by atoms with E-state index in [9.17, 15) is 0 Å². The Balaban J connectivity index is 2.20. The van der Waals surface area contributed by atoms with Crippen molar-refractivity contribution in [2.75, 3.05) is 7.11 Å². The minimum atomic E-state index is -0.00407. The first-order chi connectivity index (χ1) is 9.11. The summed E-state index contributed by atoms with van der Waals surface area (Å²) < 4.78 is 5.35. The molecule has 2 aromatic rings. The van der Waals surface area contributed by atoms with Crippen LogP contribution < -0.4 is 10.5 Å². The maximum atomic E-state index is 6.31. The molecule has 0 aliphatic heterocycles. The van der Waals surface area contributed by atoms with Crippen molar-refractivity contribution in [1.82, 2.24) is 0 Å². The maximum absolute atomic E-state index is 6.31. The zero-order chi connectivity index (χ0) is 13.8. The third kappa shape index (κ3) is 3.15. The molecule has 0 amide bonds. The summed E-state index contributed by atoms with van der Waals surface area (Å²) in [6.45, 7) is 4.16. The van der Waals surface area contributed by atoms with Crippen LogP contribution in [0.2, 0.25) is 0 Å². The first kappa shape index (κ1) is 13.6. The first-order valence-corrected chi connectivity index (χ1v) is 6.56. The predicted molar refractivity (Wildman–Crippen MR) is 79.5 cm³/mol. The standard InChI is InChI=1S/C17H21NO/c1-12-6-4-5-7-14(12)10-16(18)15-9-8-13(2)17(11-15)19-3/h4-9,11,16H,10,18H2,1-3H3. The molecule has 2 aromatic carbocycles. The first-order valence-electron chi connectivity index (χ1n) is 6.56. The van der Waals surface area contributed by atoms with E-state index in [1.54, 1.807) is 7.11 Å². The number of nitrogens with two attached hydrogens (primary N) is 1. The van der Waals surface area contributed by atoms with Crippen LogP contribution in [0, 0.1) is 13.8 Å². The van der Waals surface area contributed by atoms with E-state index in [1.165, 1.54) is 11.1 Å². The number of ether oxygens (including phenoxy) is 1. The summed E-state index contributed by atoms with van der Waals surface area (Å²) in [5.41, 5.74) is 11.2. The Bertz CT molecular complexity index is 563. The molecule has 0 aromatic heterocycles. The van der Waals surface area contributed by atoms with Gasteiger partial charge in [0, 0.05) is 6.04 Å². The Kier molecular flexibility index (Phi) is 4.23. The largest absolute Gasteiger partial charge is 0.496 e. The Morgan fingerprint density at radius 3 is 2.47 bits per heavy atom. The van der Waals surface area contributed by atoms with E-state index in [-0.39, 0.29) is 6.04 Å². The molecular formula is C17H21NO. The summed E-state index contributed by atoms with van der Waals surface area (Å²) in [6, 6.07) is 14.6. The molecule has 19 heavy (non-hydrogen) atoms. The average Bonchev–Trinajstić information content (AvgIpc) is 2.42. The molecule has 2 heteroatoms. The van der Waals surface area contributed by atoms with Crippen LogP contribution in [0.25, 0.3) is 0 Å². The summed E-state index contributed by atoms with van der Waals surface area (Å²) in [4.78, 5) is 0. The van der Waals surface area contributed by atoms with Gasteiger partial charge in [0.25, 0.3) is 0 Å². The van der Waals surface area contributed by atoms with Gasteiger partial charge in [-0.15, -0.1) is 0 Å². The van der Waals surface area contributed by atoms with E-state index >= 15 is 0 Å². The van der Waals surface area contributed by atoms with Crippen molar-refractivity contribution < 1.29 is 4.74 Å². The van der Waals surface area contributed by atoms with Crippen LogP contribution in [0.4, 0.5) is 0 Å². The van der Waals surface area contributed by atoms with E-state index in [1.807, 2.05) is 13.0 Å². The molecule has 0 aliphatic carbocycles. The highest BCUT2D eigenvalue weighted by molar-refractivity contribution is 5.38. The zero-order valence-electron chi connectivity index (χ0n) is 11.8. The van der Waals surface area contributed by atoms with Crippen LogP contribution in [-0.4, -0.2) is 7.11 Å². The van der Waals surface area contributed by atoms with Gasteiger partial charge in [-0.3, -0.25) is 0 Å². The molecule has 0 aliphatic rings. The molecule has 0 radical (unpaired) electrons. The average molecular weight is 255 g/mol. The monoisotopic (exact) mass is 255 g/mol. The Hall–Kier alpha value is -1.80. The molecule has 0 bridgehead atoms. The SMILES string of the molecule is COc1cc(C(N)Cc2ccccc2C)ccc1C. The van der Waals surface area contributed by atoms with Gasteiger partial charge in [-0.1, -0.05) is 36.4 Å². The number of hydrogen-bond donors (Lipinski definition) is 1. The highest BCUT2D eigenvalue weighted by Gasteiger charge is 2.10. The van der Waals surface area contributed by atoms with Crippen molar-refractivity contribution in [3.63, 3.8) is 0 Å². The van der Waals surface area contributed by atoms with Gasteiger partial charge >= 0.3 is 0 Å². The van der Waals surface area contributed by atoms with Gasteiger partial charge in [-0.05, 0) is 48.6 Å². The lowest BCUT2D eigenvalue weighted by Crippen LogP contribution is -2.14. The van der Waals surface area contributed by atoms with Gasteiger partial charge in [0.15, 0.2) is 0 Å². The number of hydrogen-bond acceptors (Lipinski definition) is 2. The number of methoxy groups -OCH3 is 1. The molecule has 0 spiro atoms. The van der Waals surface area contributed by atoms with Gasteiger partial charge in [0.2, 0.25) is 0 Å². The van der Waals surface area contributed by atoms with Crippen LogP contribution in [0.5, 0.6) is 5.75 Å². The van der Waals surface area contributed by atoms with Crippen LogP contribution in [0.1, 0.15) is 28.3 Å². The lowest BCUT2D eigenvalue weighted by Gasteiger charge is -2.15. The normalized spacial score (nSPS) is 12.2. The summed E-state index contributed by atoms with van der Waals surface area (Å²) >= 11 is 0. The third-order valence-corrected chi connectivity index (χ3v) is 3.56. The second-order valence-corrected chi connectivity index (χ2v) is 4.97. The highest BCUT2D eigenvalue weighted by atomic mass is 16.5. The van der Waals surface area contributed by atoms with E-state index in [0.717, 1.165) is 23.3 Å². The minimum Gasteiger partial charge on any atom is -0.496 e. The fraction of sp³-hybridized carbons (Fsp3) is 0.294. The zero-order valence-corrected chi connectivity index (χ0v) is 11.8. The molecule has 0 heterocycles. The van der Waals surface area contributed by atoms with Crippen molar-refractivity contribution in [2.45, 2.75) is 26.3 Å². The molecule has 1 unspecified atom stereocenters. The molecule has 0 saturated carbocycles. The van der Waals surface area contributed by atoms with E-state index in [4.69, 9.17) is 10.5 Å². The van der Waals surface area contributed by atoms with Crippen molar-refractivity contribution >= 4 is 0 Å². The molecule has 2 N–H and O–H groups in total. The quantitative estimate of drug-likeness (QED) is 0.906. The van der Waals surface area contributed by atoms with Gasteiger partial charge in [0.05, 0.1) is 7.11 Å². The van der Waals surface area contributed by atoms with Crippen LogP contribution in [0.15, 0.2) is 42.5 Å². The van der Waals surface area contributed by atoms with Gasteiger partial charge in [-0.2, -0.15) is 0 Å². The van der Waals surface area contributed by atoms with E-state index in [2.05, 4.69) is 43.3 Å². The van der Waals surface area contributed by atoms with Crippen LogP contribution >= 0.6 is 0 Å². The maximum Gasteiger partial charge on any atom is 0.122 e. The Morgan fingerprint density at radius 1 is 1.05 bits per heavy atom. The lowest BCUT2D eigenvalue weighted by molar-refractivity contribution is 0.410. The number of aryl methyl sites for hydroxylation is 2. The molecule has 100 valence electrons. The molecule has 0 fully saturated rings. The summed E-state index contributed by atoms with van der Waals surface area (Å²) in [6.07, 6.45) is 0.846. The van der Waals surface area contributed by atoms with Crippen molar-refractivity contribution in [3.05, 3.63) is 64.7 Å². The third-order valence-electron chi connectivity index (χ3n) is 3.56. The van der Waals surface area contributed by atoms with E-state index in [0.29, 0.717) is 0 Å². The van der Waals surface area contributed by atoms with Crippen LogP contribution in [-0.2, 0) is 6.42 Å². The Labute approximate surface area is 115 Å². The fourth-order valence-electron chi connectivity index (χ4n) is 2.26. The highest BCUT2D eigenvalue weighted by Crippen LogP contribution is 2.24. The number of benzene rings is 2.